The smallest absolute Gasteiger partial charge is 0.0979 e. The van der Waals surface area contributed by atoms with Crippen LogP contribution in [0.5, 0.6) is 0 Å². The highest BCUT2D eigenvalue weighted by atomic mass is 15.0. The van der Waals surface area contributed by atoms with Crippen molar-refractivity contribution in [3.63, 3.8) is 0 Å². The molecule has 14 aromatic rings. The van der Waals surface area contributed by atoms with Gasteiger partial charge in [0.25, 0.3) is 0 Å². The van der Waals surface area contributed by atoms with E-state index in [1.54, 1.807) is 0 Å². The van der Waals surface area contributed by atoms with Crippen molar-refractivity contribution in [2.24, 2.45) is 0 Å². The highest BCUT2D eigenvalue weighted by molar-refractivity contribution is 6.24. The Balaban J connectivity index is 0.846. The normalized spacial score (nSPS) is 12.3. The first kappa shape index (κ1) is 42.0. The summed E-state index contributed by atoms with van der Waals surface area (Å²) in [7, 11) is 0. The highest BCUT2D eigenvalue weighted by Gasteiger charge is 2.29. The van der Waals surface area contributed by atoms with Crippen LogP contribution in [0.1, 0.15) is 22.6 Å². The summed E-state index contributed by atoms with van der Waals surface area (Å²) in [5.74, 6) is 0.190. The predicted octanol–water partition coefficient (Wildman–Crippen LogP) is 18.5. The zero-order valence-electron chi connectivity index (χ0n) is 40.3. The average molecular weight is 940 g/mol. The molecule has 2 heterocycles. The second-order valence-electron chi connectivity index (χ2n) is 19.7. The van der Waals surface area contributed by atoms with Crippen molar-refractivity contribution in [2.75, 3.05) is 0 Å². The van der Waals surface area contributed by atoms with Crippen molar-refractivity contribution in [1.29, 1.82) is 0 Å². The van der Waals surface area contributed by atoms with Gasteiger partial charge in [-0.15, -0.1) is 0 Å². The maximum Gasteiger partial charge on any atom is 0.0979 e. The minimum Gasteiger partial charge on any atom is -0.309 e. The van der Waals surface area contributed by atoms with Gasteiger partial charge in [-0.2, -0.15) is 0 Å². The first-order chi connectivity index (χ1) is 36.7. The second kappa shape index (κ2) is 17.0. The Labute approximate surface area is 429 Å². The number of hydrogen-bond donors (Lipinski definition) is 0. The van der Waals surface area contributed by atoms with Crippen molar-refractivity contribution < 1.29 is 0 Å². The summed E-state index contributed by atoms with van der Waals surface area (Å²) in [5, 5.41) is 6.97. The van der Waals surface area contributed by atoms with Crippen molar-refractivity contribution in [1.82, 2.24) is 14.5 Å². The molecule has 12 aromatic carbocycles. The Morgan fingerprint density at radius 1 is 0.297 bits per heavy atom. The van der Waals surface area contributed by atoms with Gasteiger partial charge >= 0.3 is 0 Å². The maximum absolute atomic E-state index is 5.37. The van der Waals surface area contributed by atoms with Crippen LogP contribution in [0.2, 0.25) is 0 Å². The molecule has 1 aliphatic rings. The van der Waals surface area contributed by atoms with Gasteiger partial charge < -0.3 is 4.57 Å². The van der Waals surface area contributed by atoms with E-state index in [0.717, 1.165) is 71.8 Å². The van der Waals surface area contributed by atoms with Gasteiger partial charge in [-0.05, 0) is 132 Å². The summed E-state index contributed by atoms with van der Waals surface area (Å²) in [6.45, 7) is 0. The van der Waals surface area contributed by atoms with Gasteiger partial charge in [0.05, 0.1) is 34.0 Å². The van der Waals surface area contributed by atoms with Gasteiger partial charge in [0.1, 0.15) is 0 Å². The molecular formula is C71H45N3. The Bertz CT molecular complexity index is 4460. The van der Waals surface area contributed by atoms with Crippen LogP contribution < -0.4 is 0 Å². The average Bonchev–Trinajstić information content (AvgIpc) is 4.03. The molecule has 0 radical (unpaired) electrons. The van der Waals surface area contributed by atoms with E-state index in [-0.39, 0.29) is 5.92 Å². The minimum absolute atomic E-state index is 0.190. The van der Waals surface area contributed by atoms with Crippen LogP contribution in [0, 0.1) is 0 Å². The third-order valence-corrected chi connectivity index (χ3v) is 15.5. The second-order valence-corrected chi connectivity index (χ2v) is 19.7. The predicted molar refractivity (Wildman–Crippen MR) is 309 cm³/mol. The molecule has 74 heavy (non-hydrogen) atoms. The number of rotatable bonds is 7. The molecule has 0 saturated carbocycles. The van der Waals surface area contributed by atoms with Crippen LogP contribution in [-0.2, 0) is 0 Å². The third-order valence-electron chi connectivity index (χ3n) is 15.5. The molecule has 344 valence electrons. The Morgan fingerprint density at radius 2 is 0.757 bits per heavy atom. The quantitative estimate of drug-likeness (QED) is 0.149. The van der Waals surface area contributed by atoms with E-state index in [1.807, 2.05) is 12.3 Å². The number of nitrogens with zero attached hydrogens (tertiary/aromatic N) is 3. The number of benzene rings is 12. The van der Waals surface area contributed by atoms with Crippen LogP contribution in [-0.4, -0.2) is 14.5 Å². The van der Waals surface area contributed by atoms with Crippen molar-refractivity contribution in [3.8, 4) is 72.6 Å². The lowest BCUT2D eigenvalue weighted by atomic mass is 9.87. The van der Waals surface area contributed by atoms with Crippen LogP contribution in [0.25, 0.3) is 127 Å². The number of para-hydroxylation sites is 2. The van der Waals surface area contributed by atoms with Crippen LogP contribution in [0.15, 0.2) is 267 Å². The molecule has 0 amide bonds. The minimum atomic E-state index is 0.190. The molecule has 0 N–H and O–H groups in total. The third kappa shape index (κ3) is 6.82. The summed E-state index contributed by atoms with van der Waals surface area (Å²) in [5.41, 5.74) is 23.3. The summed E-state index contributed by atoms with van der Waals surface area (Å²) in [6.07, 6.45) is 1.92. The molecule has 0 bridgehead atoms. The lowest BCUT2D eigenvalue weighted by Crippen LogP contribution is -1.99. The zero-order valence-corrected chi connectivity index (χ0v) is 40.3. The van der Waals surface area contributed by atoms with E-state index in [0.29, 0.717) is 0 Å². The SMILES string of the molecule is c1ccc(-c2cnc3c4ccc(-c5cccc(-c6cccc(-n7c8ccccc8c8ccccc87)c6)c5)cc4c4cc(-c5cccc(-c6cccc(C7c8ccccc8-c8ccccc87)c6)c5)ccc4c3n2)cc1. The topological polar surface area (TPSA) is 30.7 Å². The van der Waals surface area contributed by atoms with Gasteiger partial charge in [0.2, 0.25) is 0 Å². The number of hydrogen-bond acceptors (Lipinski definition) is 2. The van der Waals surface area contributed by atoms with E-state index in [4.69, 9.17) is 9.97 Å². The van der Waals surface area contributed by atoms with E-state index < -0.39 is 0 Å². The molecule has 0 atom stereocenters. The van der Waals surface area contributed by atoms with Gasteiger partial charge in [-0.1, -0.05) is 212 Å². The molecule has 15 rings (SSSR count). The van der Waals surface area contributed by atoms with E-state index in [1.165, 1.54) is 71.9 Å². The molecular weight excluding hydrogens is 895 g/mol. The largest absolute Gasteiger partial charge is 0.309 e. The van der Waals surface area contributed by atoms with Crippen LogP contribution in [0.4, 0.5) is 0 Å². The molecule has 0 fully saturated rings. The number of aromatic nitrogens is 3. The molecule has 2 aromatic heterocycles. The van der Waals surface area contributed by atoms with Gasteiger partial charge in [0, 0.05) is 38.7 Å². The fraction of sp³-hybridized carbons (Fsp3) is 0.0141. The van der Waals surface area contributed by atoms with Gasteiger partial charge in [0.15, 0.2) is 0 Å². The van der Waals surface area contributed by atoms with Crippen molar-refractivity contribution in [2.45, 2.75) is 5.92 Å². The van der Waals surface area contributed by atoms with E-state index in [2.05, 4.69) is 259 Å². The monoisotopic (exact) mass is 939 g/mol. The number of fused-ring (bicyclic) bond motifs is 12. The zero-order chi connectivity index (χ0) is 48.7. The summed E-state index contributed by atoms with van der Waals surface area (Å²) in [6, 6.07) is 95.3. The first-order valence-electron chi connectivity index (χ1n) is 25.5. The fourth-order valence-corrected chi connectivity index (χ4v) is 12.0. The van der Waals surface area contributed by atoms with Crippen molar-refractivity contribution >= 4 is 54.4 Å². The van der Waals surface area contributed by atoms with Gasteiger partial charge in [-0.25, -0.2) is 4.98 Å². The molecule has 0 spiro atoms. The lowest BCUT2D eigenvalue weighted by Gasteiger charge is -2.16. The fourth-order valence-electron chi connectivity index (χ4n) is 12.0. The summed E-state index contributed by atoms with van der Waals surface area (Å²) in [4.78, 5) is 10.6. The summed E-state index contributed by atoms with van der Waals surface area (Å²) < 4.78 is 2.39. The Morgan fingerprint density at radius 3 is 1.36 bits per heavy atom. The summed E-state index contributed by atoms with van der Waals surface area (Å²) >= 11 is 0. The molecule has 3 heteroatoms. The van der Waals surface area contributed by atoms with E-state index >= 15 is 0 Å². The molecule has 1 aliphatic carbocycles. The van der Waals surface area contributed by atoms with Crippen molar-refractivity contribution in [3.05, 3.63) is 284 Å². The molecule has 0 aliphatic heterocycles. The van der Waals surface area contributed by atoms with Gasteiger partial charge in [-0.3, -0.25) is 4.98 Å². The lowest BCUT2D eigenvalue weighted by molar-refractivity contribution is 1.02. The maximum atomic E-state index is 5.37. The molecule has 0 saturated heterocycles. The highest BCUT2D eigenvalue weighted by Crippen LogP contribution is 2.48. The van der Waals surface area contributed by atoms with Crippen LogP contribution >= 0.6 is 0 Å². The van der Waals surface area contributed by atoms with E-state index in [9.17, 15) is 0 Å². The standard InChI is InChI=1S/C71H45N3/c1-2-16-45(17-3-1)66-44-72-70-62-36-34-52(49-21-13-19-47(39-49)51-23-15-25-55(41-51)74-67-32-10-8-28-58(67)59-29-9-11-33-68(59)74)42-64(62)65-43-53(35-37-63(65)71(70)73-66)48-20-12-18-46(38-48)50-22-14-24-54(40-50)69-60-30-6-4-26-56(60)57-27-5-7-31-61(57)69/h1-44,69H. The molecule has 3 nitrogen and oxygen atoms in total. The first-order valence-corrected chi connectivity index (χ1v) is 25.5. The Hall–Kier alpha value is -9.70. The van der Waals surface area contributed by atoms with Crippen LogP contribution in [0.3, 0.4) is 0 Å². The molecule has 0 unspecified atom stereocenters. The Kier molecular flexibility index (Phi) is 9.64.